The van der Waals surface area contributed by atoms with Crippen molar-refractivity contribution < 1.29 is 9.90 Å². The van der Waals surface area contributed by atoms with E-state index in [0.717, 1.165) is 12.4 Å². The molecule has 1 N–H and O–H groups in total. The van der Waals surface area contributed by atoms with Crippen LogP contribution in [0.5, 0.6) is 0 Å². The van der Waals surface area contributed by atoms with Crippen molar-refractivity contribution in [3.05, 3.63) is 12.2 Å². The molecule has 0 aromatic carbocycles. The smallest absolute Gasteiger partial charge is 0.306 e. The van der Waals surface area contributed by atoms with Crippen LogP contribution in [0.3, 0.4) is 0 Å². The first-order chi connectivity index (χ1) is 7.43. The summed E-state index contributed by atoms with van der Waals surface area (Å²) in [6.45, 7) is 8.60. The molecule has 0 fully saturated rings. The van der Waals surface area contributed by atoms with Crippen LogP contribution in [0.2, 0.25) is 0 Å². The molecule has 1 aromatic rings. The highest BCUT2D eigenvalue weighted by atomic mass is 16.4. The summed E-state index contributed by atoms with van der Waals surface area (Å²) < 4.78 is 1.94. The Bertz CT molecular complexity index is 360. The Morgan fingerprint density at radius 2 is 2.06 bits per heavy atom. The number of nitrogens with zero attached hydrogens (tertiary/aromatic N) is 3. The largest absolute Gasteiger partial charge is 0.481 e. The normalized spacial score (nSPS) is 15.1. The Balaban J connectivity index is 2.87. The number of rotatable bonds is 5. The van der Waals surface area contributed by atoms with Crippen molar-refractivity contribution in [2.24, 2.45) is 11.8 Å². The Kier molecular flexibility index (Phi) is 4.04. The van der Waals surface area contributed by atoms with Gasteiger partial charge in [-0.25, -0.2) is 0 Å². The summed E-state index contributed by atoms with van der Waals surface area (Å²) in [6.07, 6.45) is 1.67. The van der Waals surface area contributed by atoms with Gasteiger partial charge in [-0.1, -0.05) is 27.7 Å². The molecule has 5 nitrogen and oxygen atoms in total. The van der Waals surface area contributed by atoms with Gasteiger partial charge in [0.25, 0.3) is 0 Å². The molecule has 0 saturated heterocycles. The van der Waals surface area contributed by atoms with E-state index < -0.39 is 11.9 Å². The Morgan fingerprint density at radius 3 is 2.56 bits per heavy atom. The summed E-state index contributed by atoms with van der Waals surface area (Å²) in [7, 11) is 0. The van der Waals surface area contributed by atoms with E-state index in [0.29, 0.717) is 5.92 Å². The molecule has 90 valence electrons. The van der Waals surface area contributed by atoms with Crippen molar-refractivity contribution in [3.8, 4) is 0 Å². The standard InChI is InChI=1S/C11H19N3O2/c1-7(2)5-14-6-12-13-10(14)8(3)9(4)11(15)16/h6-9H,5H2,1-4H3,(H,15,16). The summed E-state index contributed by atoms with van der Waals surface area (Å²) in [4.78, 5) is 10.9. The van der Waals surface area contributed by atoms with E-state index >= 15 is 0 Å². The van der Waals surface area contributed by atoms with Gasteiger partial charge in [-0.05, 0) is 5.92 Å². The van der Waals surface area contributed by atoms with Crippen molar-refractivity contribution in [2.45, 2.75) is 40.2 Å². The van der Waals surface area contributed by atoms with Crippen molar-refractivity contribution in [2.75, 3.05) is 0 Å². The molecule has 16 heavy (non-hydrogen) atoms. The maximum atomic E-state index is 10.9. The summed E-state index contributed by atoms with van der Waals surface area (Å²) in [5.41, 5.74) is 0. The topological polar surface area (TPSA) is 68.0 Å². The molecule has 2 unspecified atom stereocenters. The Morgan fingerprint density at radius 1 is 1.44 bits per heavy atom. The maximum absolute atomic E-state index is 10.9. The minimum atomic E-state index is -0.799. The number of carbonyl (C=O) groups is 1. The summed E-state index contributed by atoms with van der Waals surface area (Å²) in [5.74, 6) is -0.133. The van der Waals surface area contributed by atoms with Gasteiger partial charge < -0.3 is 9.67 Å². The van der Waals surface area contributed by atoms with Gasteiger partial charge in [0, 0.05) is 12.5 Å². The highest BCUT2D eigenvalue weighted by Crippen LogP contribution is 2.22. The molecule has 0 radical (unpaired) electrons. The highest BCUT2D eigenvalue weighted by Gasteiger charge is 2.25. The lowest BCUT2D eigenvalue weighted by molar-refractivity contribution is -0.141. The number of carboxylic acid groups (broad SMARTS) is 1. The fourth-order valence-corrected chi connectivity index (χ4v) is 1.59. The van der Waals surface area contributed by atoms with E-state index in [1.165, 1.54) is 0 Å². The molecule has 0 aliphatic rings. The molecule has 0 aliphatic carbocycles. The van der Waals surface area contributed by atoms with Gasteiger partial charge in [0.15, 0.2) is 0 Å². The SMILES string of the molecule is CC(C)Cn1cnnc1C(C)C(C)C(=O)O. The van der Waals surface area contributed by atoms with Crippen molar-refractivity contribution in [1.82, 2.24) is 14.8 Å². The zero-order valence-corrected chi connectivity index (χ0v) is 10.2. The van der Waals surface area contributed by atoms with Gasteiger partial charge in [0.05, 0.1) is 5.92 Å². The van der Waals surface area contributed by atoms with E-state index in [1.54, 1.807) is 13.3 Å². The second-order valence-electron chi connectivity index (χ2n) is 4.65. The second-order valence-corrected chi connectivity index (χ2v) is 4.65. The maximum Gasteiger partial charge on any atom is 0.306 e. The monoisotopic (exact) mass is 225 g/mol. The zero-order chi connectivity index (χ0) is 12.3. The summed E-state index contributed by atoms with van der Waals surface area (Å²) in [5, 5.41) is 16.8. The third-order valence-electron chi connectivity index (χ3n) is 2.75. The van der Waals surface area contributed by atoms with Crippen LogP contribution in [0.1, 0.15) is 39.4 Å². The Labute approximate surface area is 95.5 Å². The highest BCUT2D eigenvalue weighted by molar-refractivity contribution is 5.70. The lowest BCUT2D eigenvalue weighted by Gasteiger charge is -2.17. The van der Waals surface area contributed by atoms with E-state index in [-0.39, 0.29) is 5.92 Å². The van der Waals surface area contributed by atoms with E-state index in [1.807, 2.05) is 11.5 Å². The average molecular weight is 225 g/mol. The molecule has 2 atom stereocenters. The van der Waals surface area contributed by atoms with Crippen LogP contribution in [0, 0.1) is 11.8 Å². The van der Waals surface area contributed by atoms with E-state index in [4.69, 9.17) is 5.11 Å². The van der Waals surface area contributed by atoms with Crippen LogP contribution in [0.25, 0.3) is 0 Å². The fraction of sp³-hybridized carbons (Fsp3) is 0.727. The number of aliphatic carboxylic acids is 1. The van der Waals surface area contributed by atoms with Gasteiger partial charge in [0.1, 0.15) is 12.2 Å². The molecule has 0 spiro atoms. The molecule has 1 heterocycles. The average Bonchev–Trinajstić information content (AvgIpc) is 2.62. The fourth-order valence-electron chi connectivity index (χ4n) is 1.59. The molecule has 1 rings (SSSR count). The quantitative estimate of drug-likeness (QED) is 0.829. The van der Waals surface area contributed by atoms with Gasteiger partial charge >= 0.3 is 5.97 Å². The van der Waals surface area contributed by atoms with Gasteiger partial charge in [0.2, 0.25) is 0 Å². The zero-order valence-electron chi connectivity index (χ0n) is 10.2. The van der Waals surface area contributed by atoms with Gasteiger partial charge in [-0.3, -0.25) is 4.79 Å². The van der Waals surface area contributed by atoms with E-state index in [9.17, 15) is 4.79 Å². The lowest BCUT2D eigenvalue weighted by atomic mass is 9.95. The molecule has 0 saturated carbocycles. The molecular weight excluding hydrogens is 206 g/mol. The predicted octanol–water partition coefficient (Wildman–Crippen LogP) is 1.76. The molecule has 0 amide bonds. The second kappa shape index (κ2) is 5.09. The van der Waals surface area contributed by atoms with Crippen molar-refractivity contribution in [3.63, 3.8) is 0 Å². The lowest BCUT2D eigenvalue weighted by Crippen LogP contribution is -2.20. The predicted molar refractivity (Wildman–Crippen MR) is 60.1 cm³/mol. The van der Waals surface area contributed by atoms with Crippen LogP contribution in [-0.4, -0.2) is 25.8 Å². The number of hydrogen-bond donors (Lipinski definition) is 1. The molecule has 5 heteroatoms. The first-order valence-corrected chi connectivity index (χ1v) is 5.54. The van der Waals surface area contributed by atoms with Crippen molar-refractivity contribution >= 4 is 5.97 Å². The summed E-state index contributed by atoms with van der Waals surface area (Å²) >= 11 is 0. The third-order valence-corrected chi connectivity index (χ3v) is 2.75. The van der Waals surface area contributed by atoms with Crippen molar-refractivity contribution in [1.29, 1.82) is 0 Å². The van der Waals surface area contributed by atoms with Crippen LogP contribution in [0.4, 0.5) is 0 Å². The third kappa shape index (κ3) is 2.81. The first-order valence-electron chi connectivity index (χ1n) is 5.54. The minimum Gasteiger partial charge on any atom is -0.481 e. The van der Waals surface area contributed by atoms with Gasteiger partial charge in [-0.15, -0.1) is 10.2 Å². The van der Waals surface area contributed by atoms with Crippen LogP contribution < -0.4 is 0 Å². The Hall–Kier alpha value is -1.39. The molecular formula is C11H19N3O2. The molecule has 1 aromatic heterocycles. The van der Waals surface area contributed by atoms with Crippen LogP contribution in [-0.2, 0) is 11.3 Å². The molecule has 0 bridgehead atoms. The number of hydrogen-bond acceptors (Lipinski definition) is 3. The van der Waals surface area contributed by atoms with Crippen LogP contribution >= 0.6 is 0 Å². The molecule has 0 aliphatic heterocycles. The minimum absolute atomic E-state index is 0.126. The number of aromatic nitrogens is 3. The first kappa shape index (κ1) is 12.7. The van der Waals surface area contributed by atoms with Gasteiger partial charge in [-0.2, -0.15) is 0 Å². The number of carboxylic acids is 1. The summed E-state index contributed by atoms with van der Waals surface area (Å²) in [6, 6.07) is 0. The van der Waals surface area contributed by atoms with E-state index in [2.05, 4.69) is 24.0 Å². The van der Waals surface area contributed by atoms with Crippen LogP contribution in [0.15, 0.2) is 6.33 Å².